The smallest absolute Gasteiger partial charge is 0.105 e. The predicted molar refractivity (Wildman–Crippen MR) is 88.9 cm³/mol. The molecule has 0 aliphatic carbocycles. The molecule has 0 radical (unpaired) electrons. The lowest BCUT2D eigenvalue weighted by Gasteiger charge is -2.21. The van der Waals surface area contributed by atoms with Crippen LogP contribution in [0.15, 0.2) is 34.7 Å². The Bertz CT molecular complexity index is 584. The highest BCUT2D eigenvalue weighted by atomic mass is 16.3. The molecule has 1 heterocycles. The van der Waals surface area contributed by atoms with Crippen molar-refractivity contribution in [3.63, 3.8) is 0 Å². The Balaban J connectivity index is 2.06. The van der Waals surface area contributed by atoms with Crippen LogP contribution in [-0.2, 0) is 0 Å². The highest BCUT2D eigenvalue weighted by molar-refractivity contribution is 5.46. The average molecular weight is 286 g/mol. The van der Waals surface area contributed by atoms with E-state index < -0.39 is 0 Å². The van der Waals surface area contributed by atoms with Crippen LogP contribution < -0.4 is 10.2 Å². The molecule has 114 valence electrons. The average Bonchev–Trinajstić information content (AvgIpc) is 2.77. The first-order valence-corrected chi connectivity index (χ1v) is 7.48. The monoisotopic (exact) mass is 286 g/mol. The van der Waals surface area contributed by atoms with E-state index in [4.69, 9.17) is 4.42 Å². The highest BCUT2D eigenvalue weighted by Gasteiger charge is 2.15. The number of aryl methyl sites for hydroxylation is 2. The Morgan fingerprint density at radius 3 is 2.10 bits per heavy atom. The number of rotatable bonds is 5. The molecule has 0 saturated carbocycles. The minimum Gasteiger partial charge on any atom is -0.466 e. The van der Waals surface area contributed by atoms with Crippen LogP contribution in [0, 0.1) is 13.8 Å². The Hall–Kier alpha value is -1.74. The summed E-state index contributed by atoms with van der Waals surface area (Å²) < 4.78 is 5.62. The van der Waals surface area contributed by atoms with E-state index in [1.165, 1.54) is 16.8 Å². The summed E-state index contributed by atoms with van der Waals surface area (Å²) in [5, 5.41) is 3.64. The molecule has 2 aromatic rings. The second-order valence-corrected chi connectivity index (χ2v) is 5.96. The summed E-state index contributed by atoms with van der Waals surface area (Å²) in [5.41, 5.74) is 3.76. The van der Waals surface area contributed by atoms with Crippen LogP contribution in [0.2, 0.25) is 0 Å². The van der Waals surface area contributed by atoms with Crippen molar-refractivity contribution in [3.8, 4) is 0 Å². The fraction of sp³-hybridized carbons (Fsp3) is 0.444. The first kappa shape index (κ1) is 15.6. The van der Waals surface area contributed by atoms with Crippen LogP contribution in [0.3, 0.4) is 0 Å². The van der Waals surface area contributed by atoms with E-state index in [2.05, 4.69) is 68.5 Å². The Labute approximate surface area is 128 Å². The van der Waals surface area contributed by atoms with Gasteiger partial charge < -0.3 is 14.6 Å². The normalized spacial score (nSPS) is 14.0. The summed E-state index contributed by atoms with van der Waals surface area (Å²) in [7, 11) is 4.12. The number of furan rings is 1. The minimum atomic E-state index is 0.269. The van der Waals surface area contributed by atoms with Gasteiger partial charge in [-0.3, -0.25) is 0 Å². The van der Waals surface area contributed by atoms with Gasteiger partial charge in [0.1, 0.15) is 11.5 Å². The molecule has 0 aliphatic heterocycles. The first-order valence-electron chi connectivity index (χ1n) is 7.48. The SMILES string of the molecule is Cc1cc(C(C)NC(C)c2ccc(N(C)C)cc2)c(C)o1. The van der Waals surface area contributed by atoms with Crippen molar-refractivity contribution in [2.24, 2.45) is 0 Å². The van der Waals surface area contributed by atoms with E-state index in [1.54, 1.807) is 0 Å². The maximum Gasteiger partial charge on any atom is 0.105 e. The molecule has 0 fully saturated rings. The summed E-state index contributed by atoms with van der Waals surface area (Å²) in [6.07, 6.45) is 0. The van der Waals surface area contributed by atoms with E-state index in [0.717, 1.165) is 11.5 Å². The second-order valence-electron chi connectivity index (χ2n) is 5.96. The van der Waals surface area contributed by atoms with E-state index >= 15 is 0 Å². The van der Waals surface area contributed by atoms with Gasteiger partial charge in [-0.15, -0.1) is 0 Å². The maximum absolute atomic E-state index is 5.62. The minimum absolute atomic E-state index is 0.269. The zero-order valence-corrected chi connectivity index (χ0v) is 13.9. The Morgan fingerprint density at radius 2 is 1.62 bits per heavy atom. The number of hydrogen-bond acceptors (Lipinski definition) is 3. The number of nitrogens with zero attached hydrogens (tertiary/aromatic N) is 1. The molecule has 21 heavy (non-hydrogen) atoms. The van der Waals surface area contributed by atoms with Crippen molar-refractivity contribution < 1.29 is 4.42 Å². The molecule has 0 spiro atoms. The Kier molecular flexibility index (Phi) is 4.73. The van der Waals surface area contributed by atoms with Crippen LogP contribution in [0.4, 0.5) is 5.69 Å². The summed E-state index contributed by atoms with van der Waals surface area (Å²) in [4.78, 5) is 2.11. The topological polar surface area (TPSA) is 28.4 Å². The lowest BCUT2D eigenvalue weighted by molar-refractivity contribution is 0.469. The maximum atomic E-state index is 5.62. The van der Waals surface area contributed by atoms with Crippen LogP contribution in [0.25, 0.3) is 0 Å². The number of benzene rings is 1. The first-order chi connectivity index (χ1) is 9.88. The van der Waals surface area contributed by atoms with Crippen molar-refractivity contribution in [1.29, 1.82) is 0 Å². The van der Waals surface area contributed by atoms with Gasteiger partial charge in [0.25, 0.3) is 0 Å². The molecule has 1 aromatic carbocycles. The van der Waals surface area contributed by atoms with Gasteiger partial charge >= 0.3 is 0 Å². The number of anilines is 1. The molecule has 1 N–H and O–H groups in total. The molecule has 0 bridgehead atoms. The summed E-state index contributed by atoms with van der Waals surface area (Å²) in [5.74, 6) is 1.97. The summed E-state index contributed by atoms with van der Waals surface area (Å²) in [6, 6.07) is 11.4. The molecule has 3 nitrogen and oxygen atoms in total. The van der Waals surface area contributed by atoms with Crippen molar-refractivity contribution in [1.82, 2.24) is 5.32 Å². The van der Waals surface area contributed by atoms with Crippen molar-refractivity contribution in [2.45, 2.75) is 39.8 Å². The third-order valence-corrected chi connectivity index (χ3v) is 3.96. The lowest BCUT2D eigenvalue weighted by Crippen LogP contribution is -2.22. The van der Waals surface area contributed by atoms with Crippen LogP contribution in [0.1, 0.15) is 48.6 Å². The van der Waals surface area contributed by atoms with Gasteiger partial charge in [0.2, 0.25) is 0 Å². The molecule has 3 heteroatoms. The lowest BCUT2D eigenvalue weighted by atomic mass is 10.0. The van der Waals surface area contributed by atoms with Gasteiger partial charge in [0, 0.05) is 37.4 Å². The summed E-state index contributed by atoms with van der Waals surface area (Å²) >= 11 is 0. The van der Waals surface area contributed by atoms with E-state index in [0.29, 0.717) is 6.04 Å². The van der Waals surface area contributed by atoms with Gasteiger partial charge in [0.15, 0.2) is 0 Å². The second kappa shape index (κ2) is 6.35. The number of nitrogens with one attached hydrogen (secondary N) is 1. The molecule has 0 aliphatic rings. The van der Waals surface area contributed by atoms with E-state index in [-0.39, 0.29) is 6.04 Å². The van der Waals surface area contributed by atoms with Crippen molar-refractivity contribution in [2.75, 3.05) is 19.0 Å². The largest absolute Gasteiger partial charge is 0.466 e. The van der Waals surface area contributed by atoms with Gasteiger partial charge in [-0.2, -0.15) is 0 Å². The molecule has 2 atom stereocenters. The molecular weight excluding hydrogens is 260 g/mol. The third kappa shape index (κ3) is 3.67. The summed E-state index contributed by atoms with van der Waals surface area (Å²) in [6.45, 7) is 8.40. The Morgan fingerprint density at radius 1 is 1.00 bits per heavy atom. The number of hydrogen-bond donors (Lipinski definition) is 1. The predicted octanol–water partition coefficient (Wildman–Crippen LogP) is 4.37. The van der Waals surface area contributed by atoms with Crippen molar-refractivity contribution in [3.05, 3.63) is 53.0 Å². The molecular formula is C18H26N2O. The van der Waals surface area contributed by atoms with Crippen LogP contribution >= 0.6 is 0 Å². The molecule has 0 saturated heterocycles. The fourth-order valence-electron chi connectivity index (χ4n) is 2.70. The van der Waals surface area contributed by atoms with E-state index in [9.17, 15) is 0 Å². The molecule has 2 unspecified atom stereocenters. The van der Waals surface area contributed by atoms with E-state index in [1.807, 2.05) is 13.8 Å². The standard InChI is InChI=1S/C18H26N2O/c1-12-11-18(15(4)21-12)14(3)19-13(2)16-7-9-17(10-8-16)20(5)6/h7-11,13-14,19H,1-6H3. The van der Waals surface area contributed by atoms with Gasteiger partial charge in [-0.05, 0) is 51.5 Å². The van der Waals surface area contributed by atoms with Gasteiger partial charge in [0.05, 0.1) is 0 Å². The van der Waals surface area contributed by atoms with Gasteiger partial charge in [-0.25, -0.2) is 0 Å². The quantitative estimate of drug-likeness (QED) is 0.884. The van der Waals surface area contributed by atoms with Crippen LogP contribution in [-0.4, -0.2) is 14.1 Å². The van der Waals surface area contributed by atoms with Crippen LogP contribution in [0.5, 0.6) is 0 Å². The fourth-order valence-corrected chi connectivity index (χ4v) is 2.70. The zero-order valence-electron chi connectivity index (χ0n) is 13.9. The molecule has 0 amide bonds. The van der Waals surface area contributed by atoms with Crippen molar-refractivity contribution >= 4 is 5.69 Å². The molecule has 1 aromatic heterocycles. The zero-order chi connectivity index (χ0) is 15.6. The van der Waals surface area contributed by atoms with Gasteiger partial charge in [-0.1, -0.05) is 12.1 Å². The highest BCUT2D eigenvalue weighted by Crippen LogP contribution is 2.25. The molecule has 2 rings (SSSR count). The third-order valence-electron chi connectivity index (χ3n) is 3.96.